The van der Waals surface area contributed by atoms with Gasteiger partial charge in [-0.05, 0) is 135 Å². The summed E-state index contributed by atoms with van der Waals surface area (Å²) in [7, 11) is -9.80. The quantitative estimate of drug-likeness (QED) is 0.0146. The second kappa shape index (κ2) is 81.2. The largest absolute Gasteiger partial charge is 0.472 e. The molecule has 0 aromatic rings. The standard InChI is InChI=1S/C89H154O16P2/c1-4-7-10-13-16-19-22-25-27-29-31-33-35-37-39-40-41-42-44-46-47-49-51-53-55-58-60-63-66-69-72-75-87(92)99-78-84(90)79-101-106(95,96)102-80-85(91)81-103-107(97,98)104-83-86(105-89(94)77-74-71-68-65-62-57-24-21-18-15-12-9-6-3)82-100-88(93)76-73-70-67-64-61-59-56-54-52-50-48-45-43-38-36-34-32-30-28-26-23-20-17-14-11-8-5-2/h8,11-12,15-17,19-21,24-28,31-34,37-39,43,84-86,90-91H,4-7,9-10,13-14,18,22-23,29-30,35-36,40-42,44-83H2,1-3H3,(H,95,96)(H,97,98)/b11-8-,15-12-,19-16-,20-17-,24-21-,27-25-,28-26-,33-31-,34-32-,39-37-,43-38-. The van der Waals surface area contributed by atoms with E-state index in [2.05, 4.69) is 154 Å². The van der Waals surface area contributed by atoms with Crippen molar-refractivity contribution in [3.63, 3.8) is 0 Å². The summed E-state index contributed by atoms with van der Waals surface area (Å²) in [6, 6.07) is 0. The van der Waals surface area contributed by atoms with Crippen molar-refractivity contribution in [2.24, 2.45) is 0 Å². The lowest BCUT2D eigenvalue weighted by molar-refractivity contribution is -0.161. The molecule has 0 heterocycles. The van der Waals surface area contributed by atoms with E-state index in [4.69, 9.17) is 32.3 Å². The van der Waals surface area contributed by atoms with Crippen molar-refractivity contribution in [2.45, 2.75) is 373 Å². The smallest absolute Gasteiger partial charge is 0.463 e. The molecule has 616 valence electrons. The molecular weight excluding hydrogens is 1390 g/mol. The molecule has 0 saturated heterocycles. The SMILES string of the molecule is CC/C=C\C/C=C\C/C=C\C/C=C\C/C=C\CCCCCCCCCCCCCC(=O)OCC(COP(=O)(O)OCC(O)COP(=O)(O)OCC(O)COC(=O)CCCCCCCCCCCCCCCCC/C=C\C/C=C\C/C=C\C/C=C\CCCCC)OC(=O)CCCCCCC/C=C\C/C=C\CCC. The van der Waals surface area contributed by atoms with E-state index < -0.39 is 91.5 Å². The number of carbonyl (C=O) groups is 3. The number of unbranched alkanes of at least 4 members (excludes halogenated alkanes) is 35. The highest BCUT2D eigenvalue weighted by Crippen LogP contribution is 2.45. The minimum absolute atomic E-state index is 0.0860. The fourth-order valence-corrected chi connectivity index (χ4v) is 13.0. The molecule has 5 unspecified atom stereocenters. The van der Waals surface area contributed by atoms with Gasteiger partial charge in [0, 0.05) is 19.3 Å². The van der Waals surface area contributed by atoms with Gasteiger partial charge in [-0.25, -0.2) is 9.13 Å². The van der Waals surface area contributed by atoms with Crippen molar-refractivity contribution < 1.29 is 75.8 Å². The number of ether oxygens (including phenoxy) is 3. The Morgan fingerprint density at radius 3 is 0.822 bits per heavy atom. The number of hydrogen-bond donors (Lipinski definition) is 4. The molecular formula is C89H154O16P2. The summed E-state index contributed by atoms with van der Waals surface area (Å²) in [5, 5.41) is 20.7. The van der Waals surface area contributed by atoms with E-state index in [-0.39, 0.29) is 19.3 Å². The number of phosphoric ester groups is 2. The average Bonchev–Trinajstić information content (AvgIpc) is 0.902. The third-order valence-corrected chi connectivity index (χ3v) is 19.7. The fraction of sp³-hybridized carbons (Fsp3) is 0.719. The fourth-order valence-electron chi connectivity index (χ4n) is 11.4. The molecule has 0 aromatic carbocycles. The average molecular weight is 1540 g/mol. The van der Waals surface area contributed by atoms with Crippen LogP contribution in [0, 0.1) is 0 Å². The van der Waals surface area contributed by atoms with Crippen LogP contribution in [0.15, 0.2) is 134 Å². The van der Waals surface area contributed by atoms with Gasteiger partial charge in [-0.15, -0.1) is 0 Å². The molecule has 0 aliphatic rings. The van der Waals surface area contributed by atoms with Crippen LogP contribution in [0.3, 0.4) is 0 Å². The maximum atomic E-state index is 13.0. The van der Waals surface area contributed by atoms with Crippen LogP contribution in [-0.2, 0) is 55.8 Å². The van der Waals surface area contributed by atoms with E-state index in [1.165, 1.54) is 141 Å². The van der Waals surface area contributed by atoms with Crippen molar-refractivity contribution in [1.29, 1.82) is 0 Å². The number of rotatable bonds is 80. The molecule has 0 saturated carbocycles. The lowest BCUT2D eigenvalue weighted by Gasteiger charge is -2.21. The summed E-state index contributed by atoms with van der Waals surface area (Å²) < 4.78 is 61.2. The number of allylic oxidation sites excluding steroid dienone is 22. The molecule has 0 aliphatic heterocycles. The first-order valence-corrected chi connectivity index (χ1v) is 45.5. The zero-order chi connectivity index (χ0) is 78.0. The Hall–Kier alpha value is -4.31. The van der Waals surface area contributed by atoms with Gasteiger partial charge in [-0.1, -0.05) is 334 Å². The summed E-state index contributed by atoms with van der Waals surface area (Å²) in [4.78, 5) is 58.7. The molecule has 0 amide bonds. The lowest BCUT2D eigenvalue weighted by Crippen LogP contribution is -2.30. The number of phosphoric acid groups is 2. The van der Waals surface area contributed by atoms with Crippen molar-refractivity contribution in [3.8, 4) is 0 Å². The van der Waals surface area contributed by atoms with E-state index in [1.807, 2.05) is 0 Å². The Labute approximate surface area is 652 Å². The third-order valence-electron chi connectivity index (χ3n) is 17.8. The van der Waals surface area contributed by atoms with Crippen LogP contribution in [-0.4, -0.2) is 95.9 Å². The van der Waals surface area contributed by atoms with Gasteiger partial charge in [0.2, 0.25) is 0 Å². The van der Waals surface area contributed by atoms with Gasteiger partial charge in [-0.2, -0.15) is 0 Å². The summed E-state index contributed by atoms with van der Waals surface area (Å²) in [6.45, 7) is 2.48. The number of aliphatic hydroxyl groups excluding tert-OH is 2. The highest BCUT2D eigenvalue weighted by Gasteiger charge is 2.29. The minimum Gasteiger partial charge on any atom is -0.463 e. The topological polar surface area (TPSA) is 231 Å². The van der Waals surface area contributed by atoms with Gasteiger partial charge >= 0.3 is 33.6 Å². The number of esters is 3. The number of hydrogen-bond acceptors (Lipinski definition) is 14. The summed E-state index contributed by atoms with van der Waals surface area (Å²) in [5.41, 5.74) is 0. The Balaban J connectivity index is 4.45. The zero-order valence-corrected chi connectivity index (χ0v) is 69.3. The number of aliphatic hydroxyl groups is 2. The first-order chi connectivity index (χ1) is 52.2. The van der Waals surface area contributed by atoms with E-state index in [0.717, 1.165) is 154 Å². The molecule has 18 heteroatoms. The summed E-state index contributed by atoms with van der Waals surface area (Å²) >= 11 is 0. The second-order valence-electron chi connectivity index (χ2n) is 28.2. The van der Waals surface area contributed by atoms with Crippen LogP contribution in [0.4, 0.5) is 0 Å². The first-order valence-electron chi connectivity index (χ1n) is 42.5. The monoisotopic (exact) mass is 1540 g/mol. The minimum atomic E-state index is -4.94. The predicted octanol–water partition coefficient (Wildman–Crippen LogP) is 25.4. The molecule has 107 heavy (non-hydrogen) atoms. The van der Waals surface area contributed by atoms with Gasteiger partial charge in [0.25, 0.3) is 0 Å². The van der Waals surface area contributed by atoms with Gasteiger partial charge in [0.15, 0.2) is 6.10 Å². The molecule has 0 radical (unpaired) electrons. The predicted molar refractivity (Wildman–Crippen MR) is 445 cm³/mol. The van der Waals surface area contributed by atoms with Crippen molar-refractivity contribution in [2.75, 3.05) is 39.6 Å². The zero-order valence-electron chi connectivity index (χ0n) is 67.5. The lowest BCUT2D eigenvalue weighted by atomic mass is 10.0. The van der Waals surface area contributed by atoms with Gasteiger partial charge in [-0.3, -0.25) is 32.5 Å². The Morgan fingerprint density at radius 1 is 0.271 bits per heavy atom. The molecule has 0 rings (SSSR count). The van der Waals surface area contributed by atoms with E-state index in [0.29, 0.717) is 19.3 Å². The molecule has 0 aromatic heterocycles. The molecule has 4 N–H and O–H groups in total. The third kappa shape index (κ3) is 82.5. The Kier molecular flexibility index (Phi) is 77.9. The molecule has 5 atom stereocenters. The number of carbonyl (C=O) groups excluding carboxylic acids is 3. The molecule has 0 bridgehead atoms. The van der Waals surface area contributed by atoms with Crippen LogP contribution >= 0.6 is 15.6 Å². The highest BCUT2D eigenvalue weighted by atomic mass is 31.2. The first kappa shape index (κ1) is 103. The van der Waals surface area contributed by atoms with Crippen LogP contribution in [0.1, 0.15) is 355 Å². The van der Waals surface area contributed by atoms with Gasteiger partial charge in [0.05, 0.1) is 26.4 Å². The summed E-state index contributed by atoms with van der Waals surface area (Å²) in [6.07, 6.45) is 99.4. The molecule has 0 aliphatic carbocycles. The van der Waals surface area contributed by atoms with Crippen molar-refractivity contribution >= 4 is 33.6 Å². The van der Waals surface area contributed by atoms with Crippen LogP contribution in [0.5, 0.6) is 0 Å². The van der Waals surface area contributed by atoms with E-state index in [9.17, 15) is 43.5 Å². The molecule has 16 nitrogen and oxygen atoms in total. The molecule has 0 fully saturated rings. The summed E-state index contributed by atoms with van der Waals surface area (Å²) in [5.74, 6) is -1.59. The highest BCUT2D eigenvalue weighted by molar-refractivity contribution is 7.47. The Bertz CT molecular complexity index is 2480. The second-order valence-corrected chi connectivity index (χ2v) is 31.2. The molecule has 0 spiro atoms. The van der Waals surface area contributed by atoms with Crippen LogP contribution in [0.25, 0.3) is 0 Å². The normalized spacial score (nSPS) is 14.6. The maximum absolute atomic E-state index is 13.0. The van der Waals surface area contributed by atoms with Gasteiger partial charge in [0.1, 0.15) is 25.4 Å². The van der Waals surface area contributed by atoms with Crippen molar-refractivity contribution in [1.82, 2.24) is 0 Å². The van der Waals surface area contributed by atoms with E-state index >= 15 is 0 Å². The Morgan fingerprint density at radius 2 is 0.514 bits per heavy atom. The van der Waals surface area contributed by atoms with Gasteiger partial charge < -0.3 is 34.2 Å². The maximum Gasteiger partial charge on any atom is 0.472 e. The van der Waals surface area contributed by atoms with Crippen molar-refractivity contribution in [3.05, 3.63) is 134 Å². The van der Waals surface area contributed by atoms with Crippen LogP contribution < -0.4 is 0 Å². The van der Waals surface area contributed by atoms with E-state index in [1.54, 1.807) is 0 Å². The van der Waals surface area contributed by atoms with Crippen LogP contribution in [0.2, 0.25) is 0 Å².